The molecule has 3 aromatic rings. The summed E-state index contributed by atoms with van der Waals surface area (Å²) in [4.78, 5) is 9.80. The molecule has 0 aliphatic rings. The van der Waals surface area contributed by atoms with Gasteiger partial charge in [-0.15, -0.1) is 11.3 Å². The first kappa shape index (κ1) is 11.2. The summed E-state index contributed by atoms with van der Waals surface area (Å²) in [5, 5.41) is 5.42. The number of thiazole rings is 1. The van der Waals surface area contributed by atoms with Crippen LogP contribution in [0.2, 0.25) is 0 Å². The van der Waals surface area contributed by atoms with Gasteiger partial charge in [-0.3, -0.25) is 9.25 Å². The maximum atomic E-state index is 5.99. The summed E-state index contributed by atoms with van der Waals surface area (Å²) in [6, 6.07) is 0. The third kappa shape index (κ3) is 1.59. The fourth-order valence-electron chi connectivity index (χ4n) is 2.14. The first-order valence-electron chi connectivity index (χ1n) is 5.63. The predicted octanol–water partition coefficient (Wildman–Crippen LogP) is 1.47. The summed E-state index contributed by atoms with van der Waals surface area (Å²) < 4.78 is 3.80. The van der Waals surface area contributed by atoms with Crippen molar-refractivity contribution in [3.8, 4) is 0 Å². The summed E-state index contributed by atoms with van der Waals surface area (Å²) in [5.41, 5.74) is 8.71. The molecule has 94 valence electrons. The SMILES string of the molecule is Cc1ncc(Cn2c(N)nc3c(C)nn(C)c32)s1. The molecule has 0 fully saturated rings. The van der Waals surface area contributed by atoms with Gasteiger partial charge in [-0.2, -0.15) is 5.10 Å². The second-order valence-electron chi connectivity index (χ2n) is 4.28. The summed E-state index contributed by atoms with van der Waals surface area (Å²) in [6.07, 6.45) is 1.88. The maximum absolute atomic E-state index is 5.99. The van der Waals surface area contributed by atoms with Crippen LogP contribution in [0.25, 0.3) is 11.2 Å². The molecule has 3 heterocycles. The average Bonchev–Trinajstić information content (AvgIpc) is 2.91. The number of nitrogens with zero attached hydrogens (tertiary/aromatic N) is 5. The normalized spacial score (nSPS) is 11.5. The molecule has 18 heavy (non-hydrogen) atoms. The van der Waals surface area contributed by atoms with Crippen LogP contribution in [0.15, 0.2) is 6.20 Å². The van der Waals surface area contributed by atoms with Crippen LogP contribution in [0.4, 0.5) is 5.95 Å². The minimum absolute atomic E-state index is 0.521. The van der Waals surface area contributed by atoms with Crippen LogP contribution in [0.3, 0.4) is 0 Å². The lowest BCUT2D eigenvalue weighted by Gasteiger charge is -2.04. The number of imidazole rings is 1. The van der Waals surface area contributed by atoms with Gasteiger partial charge in [0.15, 0.2) is 5.65 Å². The molecule has 3 rings (SSSR count). The van der Waals surface area contributed by atoms with E-state index < -0.39 is 0 Å². The van der Waals surface area contributed by atoms with E-state index in [0.29, 0.717) is 12.5 Å². The number of hydrogen-bond acceptors (Lipinski definition) is 5. The van der Waals surface area contributed by atoms with Gasteiger partial charge >= 0.3 is 0 Å². The summed E-state index contributed by atoms with van der Waals surface area (Å²) in [6.45, 7) is 4.62. The first-order valence-corrected chi connectivity index (χ1v) is 6.44. The van der Waals surface area contributed by atoms with E-state index in [4.69, 9.17) is 5.73 Å². The van der Waals surface area contributed by atoms with E-state index >= 15 is 0 Å². The second kappa shape index (κ2) is 3.81. The average molecular weight is 262 g/mol. The Labute approximate surface area is 108 Å². The van der Waals surface area contributed by atoms with Gasteiger partial charge in [0.1, 0.15) is 5.52 Å². The summed E-state index contributed by atoms with van der Waals surface area (Å²) >= 11 is 1.67. The molecule has 0 aromatic carbocycles. The van der Waals surface area contributed by atoms with Crippen LogP contribution >= 0.6 is 11.3 Å². The molecular formula is C11H14N6S. The van der Waals surface area contributed by atoms with Crippen molar-refractivity contribution >= 4 is 28.4 Å². The molecule has 0 spiro atoms. The third-order valence-electron chi connectivity index (χ3n) is 2.90. The molecule has 0 saturated heterocycles. The van der Waals surface area contributed by atoms with Crippen molar-refractivity contribution in [3.05, 3.63) is 21.8 Å². The second-order valence-corrected chi connectivity index (χ2v) is 5.60. The van der Waals surface area contributed by atoms with Gasteiger partial charge in [-0.1, -0.05) is 0 Å². The highest BCUT2D eigenvalue weighted by molar-refractivity contribution is 7.11. The van der Waals surface area contributed by atoms with Crippen LogP contribution < -0.4 is 5.73 Å². The molecule has 2 N–H and O–H groups in total. The lowest BCUT2D eigenvalue weighted by atomic mass is 10.4. The standard InChI is InChI=1S/C11H14N6S/c1-6-9-10(16(3)15-6)17(11(12)14-9)5-8-4-13-7(2)18-8/h4H,5H2,1-3H3,(H2,12,14). The zero-order valence-electron chi connectivity index (χ0n) is 10.5. The molecule has 0 unspecified atom stereocenters. The highest BCUT2D eigenvalue weighted by Gasteiger charge is 2.16. The van der Waals surface area contributed by atoms with Gasteiger partial charge in [0.05, 0.1) is 17.2 Å². The molecule has 3 aromatic heterocycles. The molecule has 0 aliphatic carbocycles. The molecule has 0 saturated carbocycles. The fraction of sp³-hybridized carbons (Fsp3) is 0.364. The number of anilines is 1. The highest BCUT2D eigenvalue weighted by atomic mass is 32.1. The van der Waals surface area contributed by atoms with Gasteiger partial charge in [0.25, 0.3) is 0 Å². The van der Waals surface area contributed by atoms with E-state index in [1.807, 2.05) is 36.3 Å². The predicted molar refractivity (Wildman–Crippen MR) is 71.6 cm³/mol. The molecule has 0 atom stereocenters. The molecule has 0 bridgehead atoms. The van der Waals surface area contributed by atoms with Crippen LogP contribution in [0.5, 0.6) is 0 Å². The van der Waals surface area contributed by atoms with E-state index in [2.05, 4.69) is 15.1 Å². The van der Waals surface area contributed by atoms with Crippen molar-refractivity contribution in [1.29, 1.82) is 0 Å². The highest BCUT2D eigenvalue weighted by Crippen LogP contribution is 2.23. The maximum Gasteiger partial charge on any atom is 0.202 e. The minimum atomic E-state index is 0.521. The van der Waals surface area contributed by atoms with E-state index in [0.717, 1.165) is 26.7 Å². The topological polar surface area (TPSA) is 74.6 Å². The van der Waals surface area contributed by atoms with Crippen LogP contribution in [0, 0.1) is 13.8 Å². The molecule has 7 heteroatoms. The minimum Gasteiger partial charge on any atom is -0.369 e. The van der Waals surface area contributed by atoms with Crippen molar-refractivity contribution in [3.63, 3.8) is 0 Å². The quantitative estimate of drug-likeness (QED) is 0.759. The van der Waals surface area contributed by atoms with Crippen LogP contribution in [-0.4, -0.2) is 24.3 Å². The van der Waals surface area contributed by atoms with Gasteiger partial charge in [-0.25, -0.2) is 9.97 Å². The Morgan fingerprint density at radius 2 is 2.17 bits per heavy atom. The van der Waals surface area contributed by atoms with Gasteiger partial charge in [0.2, 0.25) is 5.95 Å². The number of fused-ring (bicyclic) bond motifs is 1. The van der Waals surface area contributed by atoms with Crippen molar-refractivity contribution in [1.82, 2.24) is 24.3 Å². The Morgan fingerprint density at radius 3 is 2.83 bits per heavy atom. The van der Waals surface area contributed by atoms with Gasteiger partial charge in [-0.05, 0) is 13.8 Å². The zero-order valence-corrected chi connectivity index (χ0v) is 11.3. The number of hydrogen-bond donors (Lipinski definition) is 1. The van der Waals surface area contributed by atoms with Crippen molar-refractivity contribution in [2.24, 2.45) is 7.05 Å². The Bertz CT molecular complexity index is 719. The molecule has 0 radical (unpaired) electrons. The number of rotatable bonds is 2. The number of aromatic nitrogens is 5. The van der Waals surface area contributed by atoms with E-state index in [-0.39, 0.29) is 0 Å². The van der Waals surface area contributed by atoms with E-state index in [1.165, 1.54) is 0 Å². The smallest absolute Gasteiger partial charge is 0.202 e. The lowest BCUT2D eigenvalue weighted by Crippen LogP contribution is -2.07. The largest absolute Gasteiger partial charge is 0.369 e. The molecule has 0 amide bonds. The Balaban J connectivity index is 2.13. The summed E-state index contributed by atoms with van der Waals surface area (Å²) in [5.74, 6) is 0.521. The fourth-order valence-corrected chi connectivity index (χ4v) is 2.93. The molecule has 6 nitrogen and oxygen atoms in total. The lowest BCUT2D eigenvalue weighted by molar-refractivity contribution is 0.729. The Morgan fingerprint density at radius 1 is 1.39 bits per heavy atom. The molecular weight excluding hydrogens is 248 g/mol. The van der Waals surface area contributed by atoms with Crippen LogP contribution in [-0.2, 0) is 13.6 Å². The number of nitrogen functional groups attached to an aromatic ring is 1. The third-order valence-corrected chi connectivity index (χ3v) is 3.80. The van der Waals surface area contributed by atoms with E-state index in [9.17, 15) is 0 Å². The summed E-state index contributed by atoms with van der Waals surface area (Å²) in [7, 11) is 1.91. The van der Waals surface area contributed by atoms with E-state index in [1.54, 1.807) is 11.3 Å². The van der Waals surface area contributed by atoms with Gasteiger partial charge in [0, 0.05) is 18.1 Å². The monoisotopic (exact) mass is 262 g/mol. The Hall–Kier alpha value is -1.89. The zero-order chi connectivity index (χ0) is 12.9. The molecule has 0 aliphatic heterocycles. The van der Waals surface area contributed by atoms with Gasteiger partial charge < -0.3 is 5.73 Å². The van der Waals surface area contributed by atoms with Crippen molar-refractivity contribution in [2.75, 3.05) is 5.73 Å². The first-order chi connectivity index (χ1) is 8.56. The number of nitrogens with two attached hydrogens (primary N) is 1. The van der Waals surface area contributed by atoms with Crippen molar-refractivity contribution in [2.45, 2.75) is 20.4 Å². The van der Waals surface area contributed by atoms with Crippen LogP contribution in [0.1, 0.15) is 15.6 Å². The number of aryl methyl sites for hydroxylation is 3. The Kier molecular flexibility index (Phi) is 2.37. The van der Waals surface area contributed by atoms with Crippen molar-refractivity contribution < 1.29 is 0 Å².